The smallest absolute Gasteiger partial charge is 0.243 e. The molecule has 0 aromatic heterocycles. The number of aliphatic imine (C=N–C) groups is 1. The standard InChI is InChI=1S/C17H34N4O3/c1-4-23-12-7-10-18-17(20-14-16(22)21(2)3)19-11-9-15-8-5-6-13-24-15/h15H,4-14H2,1-3H3,(H2,18,19,20). The number of hydrogen-bond donors (Lipinski definition) is 2. The van der Waals surface area contributed by atoms with Crippen LogP contribution in [0.25, 0.3) is 0 Å². The van der Waals surface area contributed by atoms with E-state index in [1.54, 1.807) is 19.0 Å². The molecule has 1 unspecified atom stereocenters. The molecule has 0 radical (unpaired) electrons. The van der Waals surface area contributed by atoms with Crippen LogP contribution in [0, 0.1) is 0 Å². The van der Waals surface area contributed by atoms with E-state index in [-0.39, 0.29) is 12.5 Å². The Morgan fingerprint density at radius 3 is 2.75 bits per heavy atom. The van der Waals surface area contributed by atoms with Gasteiger partial charge in [-0.2, -0.15) is 0 Å². The molecule has 1 aliphatic rings. The van der Waals surface area contributed by atoms with Crippen molar-refractivity contribution in [3.05, 3.63) is 0 Å². The largest absolute Gasteiger partial charge is 0.382 e. The molecule has 0 bridgehead atoms. The van der Waals surface area contributed by atoms with Gasteiger partial charge in [0.1, 0.15) is 6.54 Å². The molecule has 7 nitrogen and oxygen atoms in total. The van der Waals surface area contributed by atoms with Gasteiger partial charge < -0.3 is 25.0 Å². The summed E-state index contributed by atoms with van der Waals surface area (Å²) in [6.07, 6.45) is 5.76. The minimum Gasteiger partial charge on any atom is -0.382 e. The first-order valence-electron chi connectivity index (χ1n) is 9.05. The van der Waals surface area contributed by atoms with Crippen LogP contribution >= 0.6 is 0 Å². The van der Waals surface area contributed by atoms with Crippen LogP contribution in [0.4, 0.5) is 0 Å². The molecule has 1 heterocycles. The number of nitrogens with one attached hydrogen (secondary N) is 2. The second-order valence-corrected chi connectivity index (χ2v) is 6.13. The zero-order valence-electron chi connectivity index (χ0n) is 15.5. The van der Waals surface area contributed by atoms with Crippen molar-refractivity contribution in [2.45, 2.75) is 45.1 Å². The van der Waals surface area contributed by atoms with Gasteiger partial charge >= 0.3 is 0 Å². The summed E-state index contributed by atoms with van der Waals surface area (Å²) in [7, 11) is 3.47. The molecule has 1 fully saturated rings. The molecule has 0 spiro atoms. The summed E-state index contributed by atoms with van der Waals surface area (Å²) in [6.45, 7) is 6.02. The van der Waals surface area contributed by atoms with Crippen LogP contribution < -0.4 is 10.6 Å². The molecular formula is C17H34N4O3. The lowest BCUT2D eigenvalue weighted by molar-refractivity contribution is -0.127. The van der Waals surface area contributed by atoms with Gasteiger partial charge in [0.2, 0.25) is 5.91 Å². The summed E-state index contributed by atoms with van der Waals surface area (Å²) in [5.74, 6) is 0.665. The lowest BCUT2D eigenvalue weighted by Gasteiger charge is -2.23. The second kappa shape index (κ2) is 13.0. The number of guanidine groups is 1. The Kier molecular flexibility index (Phi) is 11.2. The third kappa shape index (κ3) is 9.72. The molecule has 1 aliphatic heterocycles. The van der Waals surface area contributed by atoms with Gasteiger partial charge in [-0.1, -0.05) is 0 Å². The van der Waals surface area contributed by atoms with E-state index in [4.69, 9.17) is 9.47 Å². The molecule has 1 atom stereocenters. The van der Waals surface area contributed by atoms with E-state index in [0.29, 0.717) is 12.1 Å². The summed E-state index contributed by atoms with van der Waals surface area (Å²) in [6, 6.07) is 0. The third-order valence-electron chi connectivity index (χ3n) is 3.87. The van der Waals surface area contributed by atoms with Crippen LogP contribution in [0.2, 0.25) is 0 Å². The molecule has 24 heavy (non-hydrogen) atoms. The Hall–Kier alpha value is -1.34. The summed E-state index contributed by atoms with van der Waals surface area (Å²) < 4.78 is 11.1. The van der Waals surface area contributed by atoms with Crippen LogP contribution in [0.3, 0.4) is 0 Å². The maximum atomic E-state index is 11.7. The summed E-state index contributed by atoms with van der Waals surface area (Å²) in [5.41, 5.74) is 0. The number of hydrogen-bond acceptors (Lipinski definition) is 4. The van der Waals surface area contributed by atoms with Gasteiger partial charge in [0, 0.05) is 47.0 Å². The van der Waals surface area contributed by atoms with Crippen LogP contribution in [0.1, 0.15) is 39.0 Å². The Labute approximate surface area is 146 Å². The maximum Gasteiger partial charge on any atom is 0.243 e. The SMILES string of the molecule is CCOCCCNC(=NCC(=O)N(C)C)NCCC1CCCCO1. The van der Waals surface area contributed by atoms with Crippen LogP contribution in [0.5, 0.6) is 0 Å². The zero-order chi connectivity index (χ0) is 17.6. The molecule has 0 saturated carbocycles. The van der Waals surface area contributed by atoms with E-state index in [2.05, 4.69) is 15.6 Å². The van der Waals surface area contributed by atoms with Crippen LogP contribution in [0.15, 0.2) is 4.99 Å². The lowest BCUT2D eigenvalue weighted by atomic mass is 10.1. The van der Waals surface area contributed by atoms with E-state index >= 15 is 0 Å². The van der Waals surface area contributed by atoms with Crippen LogP contribution in [-0.4, -0.2) is 76.4 Å². The molecule has 1 saturated heterocycles. The molecule has 1 rings (SSSR count). The highest BCUT2D eigenvalue weighted by molar-refractivity contribution is 5.84. The molecule has 0 aromatic carbocycles. The highest BCUT2D eigenvalue weighted by Gasteiger charge is 2.13. The second-order valence-electron chi connectivity index (χ2n) is 6.13. The van der Waals surface area contributed by atoms with Crippen molar-refractivity contribution in [1.29, 1.82) is 0 Å². The first kappa shape index (κ1) is 20.7. The number of likely N-dealkylation sites (N-methyl/N-ethyl adjacent to an activating group) is 1. The fraction of sp³-hybridized carbons (Fsp3) is 0.882. The maximum absolute atomic E-state index is 11.7. The number of rotatable bonds is 10. The van der Waals surface area contributed by atoms with Crippen molar-refractivity contribution >= 4 is 11.9 Å². The van der Waals surface area contributed by atoms with Gasteiger partial charge in [-0.15, -0.1) is 0 Å². The van der Waals surface area contributed by atoms with Gasteiger partial charge in [0.05, 0.1) is 6.10 Å². The predicted octanol–water partition coefficient (Wildman–Crippen LogP) is 0.996. The number of nitrogens with zero attached hydrogens (tertiary/aromatic N) is 2. The highest BCUT2D eigenvalue weighted by atomic mass is 16.5. The summed E-state index contributed by atoms with van der Waals surface area (Å²) in [5, 5.41) is 6.56. The van der Waals surface area contributed by atoms with Crippen molar-refractivity contribution in [3.63, 3.8) is 0 Å². The molecule has 1 amide bonds. The summed E-state index contributed by atoms with van der Waals surface area (Å²) in [4.78, 5) is 17.6. The molecule has 2 N–H and O–H groups in total. The monoisotopic (exact) mass is 342 g/mol. The topological polar surface area (TPSA) is 75.2 Å². The lowest BCUT2D eigenvalue weighted by Crippen LogP contribution is -2.40. The van der Waals surface area contributed by atoms with Crippen molar-refractivity contribution in [2.24, 2.45) is 4.99 Å². The minimum atomic E-state index is -0.0129. The number of ether oxygens (including phenoxy) is 2. The fourth-order valence-corrected chi connectivity index (χ4v) is 2.37. The zero-order valence-corrected chi connectivity index (χ0v) is 15.5. The van der Waals surface area contributed by atoms with Crippen LogP contribution in [-0.2, 0) is 14.3 Å². The van der Waals surface area contributed by atoms with Gasteiger partial charge in [-0.05, 0) is 39.0 Å². The Morgan fingerprint density at radius 2 is 2.08 bits per heavy atom. The first-order chi connectivity index (χ1) is 11.6. The molecule has 0 aliphatic carbocycles. The Bertz CT molecular complexity index is 369. The Morgan fingerprint density at radius 1 is 1.29 bits per heavy atom. The molecule has 0 aromatic rings. The third-order valence-corrected chi connectivity index (χ3v) is 3.87. The average molecular weight is 342 g/mol. The average Bonchev–Trinajstić information content (AvgIpc) is 2.59. The molecule has 140 valence electrons. The van der Waals surface area contributed by atoms with Gasteiger partial charge in [-0.3, -0.25) is 4.79 Å². The minimum absolute atomic E-state index is 0.0129. The van der Waals surface area contributed by atoms with E-state index < -0.39 is 0 Å². The van der Waals surface area contributed by atoms with E-state index in [1.807, 2.05) is 6.92 Å². The van der Waals surface area contributed by atoms with E-state index in [0.717, 1.165) is 52.2 Å². The van der Waals surface area contributed by atoms with Gasteiger partial charge in [0.15, 0.2) is 5.96 Å². The van der Waals surface area contributed by atoms with E-state index in [1.165, 1.54) is 12.8 Å². The quantitative estimate of drug-likeness (QED) is 0.352. The highest BCUT2D eigenvalue weighted by Crippen LogP contribution is 2.14. The normalized spacial score (nSPS) is 18.3. The number of amides is 1. The van der Waals surface area contributed by atoms with Gasteiger partial charge in [0.25, 0.3) is 0 Å². The fourth-order valence-electron chi connectivity index (χ4n) is 2.37. The summed E-state index contributed by atoms with van der Waals surface area (Å²) >= 11 is 0. The van der Waals surface area contributed by atoms with Crippen molar-refractivity contribution in [2.75, 3.05) is 53.6 Å². The molecule has 7 heteroatoms. The number of carbonyl (C=O) groups excluding carboxylic acids is 1. The Balaban J connectivity index is 2.34. The van der Waals surface area contributed by atoms with Gasteiger partial charge in [-0.25, -0.2) is 4.99 Å². The van der Waals surface area contributed by atoms with Crippen molar-refractivity contribution < 1.29 is 14.3 Å². The van der Waals surface area contributed by atoms with Crippen molar-refractivity contribution in [3.8, 4) is 0 Å². The van der Waals surface area contributed by atoms with E-state index in [9.17, 15) is 4.79 Å². The van der Waals surface area contributed by atoms with Crippen molar-refractivity contribution in [1.82, 2.24) is 15.5 Å². The first-order valence-corrected chi connectivity index (χ1v) is 9.05. The molecular weight excluding hydrogens is 308 g/mol. The predicted molar refractivity (Wildman–Crippen MR) is 96.3 cm³/mol. The number of carbonyl (C=O) groups is 1.